The number of nitrogens with zero attached hydrogens (tertiary/aromatic N) is 1. The van der Waals surface area contributed by atoms with Gasteiger partial charge in [0.2, 0.25) is 0 Å². The van der Waals surface area contributed by atoms with E-state index in [1.807, 2.05) is 0 Å². The molecule has 0 amide bonds. The molecule has 0 aromatic carbocycles. The summed E-state index contributed by atoms with van der Waals surface area (Å²) in [6, 6.07) is 1.31. The van der Waals surface area contributed by atoms with Crippen molar-refractivity contribution in [2.45, 2.75) is 32.6 Å². The molecule has 0 saturated heterocycles. The zero-order valence-corrected chi connectivity index (χ0v) is 11.7. The number of hydrogen-bond acceptors (Lipinski definition) is 3. The van der Waals surface area contributed by atoms with E-state index < -0.39 is 16.8 Å². The third-order valence-corrected chi connectivity index (χ3v) is 4.27. The maximum atomic E-state index is 11.9. The Bertz CT molecular complexity index is 562. The summed E-state index contributed by atoms with van der Waals surface area (Å²) in [5.74, 6) is -1.05. The van der Waals surface area contributed by atoms with Gasteiger partial charge in [-0.25, -0.2) is 4.79 Å². The molecule has 6 heteroatoms. The fraction of sp³-hybridized carbons (Fsp3) is 0.500. The molecule has 18 heavy (non-hydrogen) atoms. The Labute approximate surface area is 108 Å². The number of aromatic carboxylic acids is 1. The molecule has 1 rings (SSSR count). The van der Waals surface area contributed by atoms with Gasteiger partial charge in [0.15, 0.2) is 0 Å². The van der Waals surface area contributed by atoms with Gasteiger partial charge in [0.1, 0.15) is 0 Å². The number of carbonyl (C=O) groups is 1. The van der Waals surface area contributed by atoms with E-state index in [9.17, 15) is 13.8 Å². The summed E-state index contributed by atoms with van der Waals surface area (Å²) in [5.41, 5.74) is 0.743. The van der Waals surface area contributed by atoms with Crippen molar-refractivity contribution in [2.75, 3.05) is 6.26 Å². The lowest BCUT2D eigenvalue weighted by Gasteiger charge is -2.16. The van der Waals surface area contributed by atoms with E-state index in [0.717, 1.165) is 0 Å². The van der Waals surface area contributed by atoms with Crippen LogP contribution in [0.3, 0.4) is 0 Å². The normalized spacial score (nSPS) is 14.2. The smallest absolute Gasteiger partial charge is 0.337 e. The number of aryl methyl sites for hydroxylation is 1. The molecule has 0 aliphatic rings. The summed E-state index contributed by atoms with van der Waals surface area (Å²) in [5, 5.41) is 8.93. The second kappa shape index (κ2) is 5.48. The van der Waals surface area contributed by atoms with Crippen molar-refractivity contribution < 1.29 is 14.1 Å². The number of hydrogen-bond donors (Lipinski definition) is 1. The average Bonchev–Trinajstić information content (AvgIpc) is 2.22. The summed E-state index contributed by atoms with van der Waals surface area (Å²) in [7, 11) is -1.06. The molecule has 0 aliphatic carbocycles. The maximum absolute atomic E-state index is 11.9. The zero-order valence-electron chi connectivity index (χ0n) is 10.9. The largest absolute Gasteiger partial charge is 0.478 e. The van der Waals surface area contributed by atoms with Crippen LogP contribution >= 0.6 is 0 Å². The van der Waals surface area contributed by atoms with E-state index in [1.54, 1.807) is 27.0 Å². The van der Waals surface area contributed by atoms with Gasteiger partial charge in [-0.05, 0) is 26.3 Å². The second-order valence-electron chi connectivity index (χ2n) is 4.35. The SMILES string of the molecule is Cc1cc(=O)n(CC(C)S(C)=O)c(C)c1C(=O)O. The number of aromatic nitrogens is 1. The topological polar surface area (TPSA) is 76.4 Å². The molecule has 2 atom stereocenters. The van der Waals surface area contributed by atoms with Crippen LogP contribution in [0, 0.1) is 13.8 Å². The summed E-state index contributed by atoms with van der Waals surface area (Å²) >= 11 is 0. The highest BCUT2D eigenvalue weighted by molar-refractivity contribution is 7.84. The van der Waals surface area contributed by atoms with Crippen molar-refractivity contribution in [3.63, 3.8) is 0 Å². The predicted molar refractivity (Wildman–Crippen MR) is 70.7 cm³/mol. The summed E-state index contributed by atoms with van der Waals surface area (Å²) in [6.07, 6.45) is 1.57. The molecule has 0 aliphatic heterocycles. The third kappa shape index (κ3) is 2.87. The molecule has 1 heterocycles. The Morgan fingerprint density at radius 3 is 2.50 bits per heavy atom. The monoisotopic (exact) mass is 271 g/mol. The molecule has 1 aromatic heterocycles. The van der Waals surface area contributed by atoms with Gasteiger partial charge in [-0.2, -0.15) is 0 Å². The van der Waals surface area contributed by atoms with Gasteiger partial charge in [-0.3, -0.25) is 9.00 Å². The summed E-state index contributed by atoms with van der Waals surface area (Å²) < 4.78 is 12.7. The molecule has 5 nitrogen and oxygen atoms in total. The van der Waals surface area contributed by atoms with Crippen molar-refractivity contribution in [2.24, 2.45) is 0 Å². The Balaban J connectivity index is 3.37. The number of rotatable bonds is 4. The lowest BCUT2D eigenvalue weighted by molar-refractivity contribution is 0.0694. The molecular weight excluding hydrogens is 254 g/mol. The fourth-order valence-corrected chi connectivity index (χ4v) is 2.19. The van der Waals surface area contributed by atoms with Gasteiger partial charge in [0.05, 0.1) is 5.56 Å². The summed E-state index contributed by atoms with van der Waals surface area (Å²) in [6.45, 7) is 5.23. The van der Waals surface area contributed by atoms with Crippen LogP contribution < -0.4 is 5.56 Å². The Kier molecular flexibility index (Phi) is 4.45. The summed E-state index contributed by atoms with van der Waals surface area (Å²) in [4.78, 5) is 23.0. The first-order chi connectivity index (χ1) is 8.25. The van der Waals surface area contributed by atoms with Gasteiger partial charge in [-0.15, -0.1) is 0 Å². The minimum atomic E-state index is -1.06. The number of carboxylic acids is 1. The Hall–Kier alpha value is -1.43. The molecule has 0 spiro atoms. The van der Waals surface area contributed by atoms with Crippen molar-refractivity contribution in [1.29, 1.82) is 0 Å². The van der Waals surface area contributed by atoms with E-state index in [0.29, 0.717) is 11.3 Å². The number of pyridine rings is 1. The first-order valence-corrected chi connectivity index (χ1v) is 7.14. The highest BCUT2D eigenvalue weighted by Crippen LogP contribution is 2.12. The van der Waals surface area contributed by atoms with Crippen LogP contribution in [0.25, 0.3) is 0 Å². The highest BCUT2D eigenvalue weighted by Gasteiger charge is 2.17. The molecular formula is C12H17NO4S. The van der Waals surface area contributed by atoms with Crippen LogP contribution in [0.2, 0.25) is 0 Å². The first kappa shape index (κ1) is 14.6. The molecule has 0 bridgehead atoms. The van der Waals surface area contributed by atoms with Crippen molar-refractivity contribution >= 4 is 16.8 Å². The van der Waals surface area contributed by atoms with Crippen LogP contribution in [0.15, 0.2) is 10.9 Å². The zero-order chi connectivity index (χ0) is 14.0. The van der Waals surface area contributed by atoms with Gasteiger partial charge in [0, 0.05) is 40.6 Å². The van der Waals surface area contributed by atoms with E-state index in [-0.39, 0.29) is 22.9 Å². The minimum Gasteiger partial charge on any atom is -0.478 e. The lowest BCUT2D eigenvalue weighted by atomic mass is 10.1. The maximum Gasteiger partial charge on any atom is 0.337 e. The molecule has 0 fully saturated rings. The van der Waals surface area contributed by atoms with Crippen molar-refractivity contribution in [3.8, 4) is 0 Å². The third-order valence-electron chi connectivity index (χ3n) is 2.99. The number of carboxylic acid groups (broad SMARTS) is 1. The molecule has 2 unspecified atom stereocenters. The highest BCUT2D eigenvalue weighted by atomic mass is 32.2. The van der Waals surface area contributed by atoms with E-state index >= 15 is 0 Å². The Morgan fingerprint density at radius 2 is 2.06 bits per heavy atom. The predicted octanol–water partition coefficient (Wildman–Crippen LogP) is 0.930. The fourth-order valence-electron chi connectivity index (χ4n) is 1.83. The molecule has 0 saturated carbocycles. The van der Waals surface area contributed by atoms with E-state index in [2.05, 4.69) is 0 Å². The average molecular weight is 271 g/mol. The van der Waals surface area contributed by atoms with Crippen LogP contribution in [-0.4, -0.2) is 31.4 Å². The first-order valence-electron chi connectivity index (χ1n) is 5.52. The van der Waals surface area contributed by atoms with E-state index in [1.165, 1.54) is 10.6 Å². The van der Waals surface area contributed by atoms with Crippen LogP contribution in [0.4, 0.5) is 0 Å². The van der Waals surface area contributed by atoms with E-state index in [4.69, 9.17) is 5.11 Å². The molecule has 0 radical (unpaired) electrons. The van der Waals surface area contributed by atoms with Crippen LogP contribution in [0.5, 0.6) is 0 Å². The minimum absolute atomic E-state index is 0.142. The van der Waals surface area contributed by atoms with Gasteiger partial charge >= 0.3 is 5.97 Å². The molecule has 1 N–H and O–H groups in total. The van der Waals surface area contributed by atoms with Gasteiger partial charge in [-0.1, -0.05) is 0 Å². The Morgan fingerprint density at radius 1 is 1.50 bits per heavy atom. The van der Waals surface area contributed by atoms with Crippen molar-refractivity contribution in [3.05, 3.63) is 33.2 Å². The van der Waals surface area contributed by atoms with Gasteiger partial charge < -0.3 is 9.67 Å². The quantitative estimate of drug-likeness (QED) is 0.884. The van der Waals surface area contributed by atoms with Gasteiger partial charge in [0.25, 0.3) is 5.56 Å². The van der Waals surface area contributed by atoms with Crippen LogP contribution in [0.1, 0.15) is 28.5 Å². The van der Waals surface area contributed by atoms with Crippen molar-refractivity contribution in [1.82, 2.24) is 4.57 Å². The second-order valence-corrected chi connectivity index (χ2v) is 6.15. The molecule has 100 valence electrons. The van der Waals surface area contributed by atoms with Crippen LogP contribution in [-0.2, 0) is 17.3 Å². The lowest BCUT2D eigenvalue weighted by Crippen LogP contribution is -2.30. The standard InChI is InChI=1S/C12H17NO4S/c1-7-5-10(14)13(6-8(2)18(4)17)9(3)11(7)12(15)16/h5,8H,6H2,1-4H3,(H,15,16). The molecule has 1 aromatic rings.